The number of ether oxygens (including phenoxy) is 1. The van der Waals surface area contributed by atoms with Crippen molar-refractivity contribution in [2.45, 2.75) is 45.3 Å². The van der Waals surface area contributed by atoms with Crippen LogP contribution in [0, 0.1) is 13.8 Å². The summed E-state index contributed by atoms with van der Waals surface area (Å²) < 4.78 is 5.88. The fraction of sp³-hybridized carbons (Fsp3) is 0.391. The second-order valence-electron chi connectivity index (χ2n) is 6.72. The number of Topliss-reactive ketones (excluding diaryl/α,β-unsaturated/α-hetero) is 1. The molecule has 1 fully saturated rings. The predicted molar refractivity (Wildman–Crippen MR) is 109 cm³/mol. The Morgan fingerprint density at radius 3 is 2.29 bits per heavy atom. The summed E-state index contributed by atoms with van der Waals surface area (Å²) in [5.41, 5.74) is 6.04. The van der Waals surface area contributed by atoms with Gasteiger partial charge in [-0.15, -0.1) is 0 Å². The Balaban J connectivity index is 0.000000921. The highest BCUT2D eigenvalue weighted by atomic mass is 16.5. The zero-order valence-electron chi connectivity index (χ0n) is 16.9. The number of aryl methyl sites for hydroxylation is 2. The van der Waals surface area contributed by atoms with Crippen molar-refractivity contribution in [3.63, 3.8) is 0 Å². The minimum absolute atomic E-state index is 0.107. The summed E-state index contributed by atoms with van der Waals surface area (Å²) in [6, 6.07) is 14.8. The van der Waals surface area contributed by atoms with E-state index < -0.39 is 0 Å². The molecule has 1 aliphatic heterocycles. The molecule has 0 aliphatic carbocycles. The second-order valence-corrected chi connectivity index (χ2v) is 6.72. The first-order chi connectivity index (χ1) is 13.5. The molecular formula is C23H30O5. The van der Waals surface area contributed by atoms with E-state index in [4.69, 9.17) is 14.6 Å². The lowest BCUT2D eigenvalue weighted by Gasteiger charge is -2.29. The van der Waals surface area contributed by atoms with Gasteiger partial charge in [0.1, 0.15) is 12.6 Å². The minimum Gasteiger partial charge on any atom is -0.400 e. The zero-order valence-corrected chi connectivity index (χ0v) is 16.9. The molecule has 5 heteroatoms. The molecule has 2 atom stereocenters. The van der Waals surface area contributed by atoms with Crippen LogP contribution in [0.3, 0.4) is 0 Å². The summed E-state index contributed by atoms with van der Waals surface area (Å²) in [6.07, 6.45) is 0.946. The van der Waals surface area contributed by atoms with E-state index in [0.717, 1.165) is 19.1 Å². The Bertz CT molecular complexity index is 739. The van der Waals surface area contributed by atoms with Crippen molar-refractivity contribution in [3.8, 4) is 0 Å². The van der Waals surface area contributed by atoms with Gasteiger partial charge in [0.15, 0.2) is 0 Å². The molecule has 0 radical (unpaired) electrons. The number of aliphatic hydroxyl groups excluding tert-OH is 2. The van der Waals surface area contributed by atoms with E-state index in [9.17, 15) is 9.90 Å². The van der Waals surface area contributed by atoms with Crippen molar-refractivity contribution in [3.05, 3.63) is 70.3 Å². The van der Waals surface area contributed by atoms with Crippen LogP contribution in [0.4, 0.5) is 0 Å². The number of ketones is 1. The standard InChI is InChI=1S/C21H24O3.CH4O.CH2O/c1-14-3-6-16(7-4-14)9-18-10-17(8-5-15(18)2)21-12-19(23)11-20(13-22)24-21;2*1-2/h3-8,10,20-22H,9,11-13H2,1-2H3;2H,1H3;1H2. The highest BCUT2D eigenvalue weighted by Crippen LogP contribution is 2.31. The Morgan fingerprint density at radius 2 is 1.68 bits per heavy atom. The first-order valence-electron chi connectivity index (χ1n) is 9.21. The van der Waals surface area contributed by atoms with E-state index in [2.05, 4.69) is 50.2 Å². The summed E-state index contributed by atoms with van der Waals surface area (Å²) in [5, 5.41) is 16.3. The number of hydrogen-bond donors (Lipinski definition) is 2. The van der Waals surface area contributed by atoms with Crippen molar-refractivity contribution in [1.29, 1.82) is 0 Å². The molecule has 1 heterocycles. The molecule has 2 aromatic carbocycles. The minimum atomic E-state index is -0.377. The summed E-state index contributed by atoms with van der Waals surface area (Å²) >= 11 is 0. The topological polar surface area (TPSA) is 83.8 Å². The van der Waals surface area contributed by atoms with Crippen LogP contribution in [-0.4, -0.2) is 42.6 Å². The molecule has 0 amide bonds. The first-order valence-corrected chi connectivity index (χ1v) is 9.21. The van der Waals surface area contributed by atoms with Crippen LogP contribution in [0.15, 0.2) is 42.5 Å². The molecule has 0 bridgehead atoms. The van der Waals surface area contributed by atoms with Crippen LogP contribution in [0.1, 0.15) is 46.8 Å². The van der Waals surface area contributed by atoms with Gasteiger partial charge >= 0.3 is 0 Å². The van der Waals surface area contributed by atoms with Gasteiger partial charge in [0.05, 0.1) is 18.8 Å². The molecule has 3 rings (SSSR count). The molecular weight excluding hydrogens is 356 g/mol. The van der Waals surface area contributed by atoms with Crippen LogP contribution in [0.2, 0.25) is 0 Å². The maximum atomic E-state index is 11.9. The lowest BCUT2D eigenvalue weighted by molar-refractivity contribution is -0.139. The van der Waals surface area contributed by atoms with Gasteiger partial charge in [-0.05, 0) is 42.5 Å². The average Bonchev–Trinajstić information content (AvgIpc) is 2.73. The van der Waals surface area contributed by atoms with Crippen molar-refractivity contribution >= 4 is 12.6 Å². The molecule has 2 N–H and O–H groups in total. The van der Waals surface area contributed by atoms with Crippen LogP contribution < -0.4 is 0 Å². The summed E-state index contributed by atoms with van der Waals surface area (Å²) in [7, 11) is 1.00. The third-order valence-electron chi connectivity index (χ3n) is 4.69. The van der Waals surface area contributed by atoms with Crippen LogP contribution in [-0.2, 0) is 20.7 Å². The Labute approximate surface area is 167 Å². The number of benzene rings is 2. The lowest BCUT2D eigenvalue weighted by atomic mass is 9.92. The molecule has 2 unspecified atom stereocenters. The average molecular weight is 386 g/mol. The van der Waals surface area contributed by atoms with E-state index >= 15 is 0 Å². The zero-order chi connectivity index (χ0) is 21.1. The summed E-state index contributed by atoms with van der Waals surface area (Å²) in [4.78, 5) is 19.9. The fourth-order valence-electron chi connectivity index (χ4n) is 3.18. The molecule has 0 spiro atoms. The highest BCUT2D eigenvalue weighted by molar-refractivity contribution is 5.80. The van der Waals surface area contributed by atoms with Crippen molar-refractivity contribution < 1.29 is 24.5 Å². The van der Waals surface area contributed by atoms with Crippen molar-refractivity contribution in [1.82, 2.24) is 0 Å². The maximum absolute atomic E-state index is 11.9. The molecule has 1 aliphatic rings. The SMILES string of the molecule is C=O.CO.Cc1ccc(Cc2cc(C3CC(=O)CC(CO)O3)ccc2C)cc1. The van der Waals surface area contributed by atoms with Gasteiger partial charge in [-0.25, -0.2) is 0 Å². The third kappa shape index (κ3) is 6.68. The van der Waals surface area contributed by atoms with Crippen molar-refractivity contribution in [2.75, 3.05) is 13.7 Å². The van der Waals surface area contributed by atoms with E-state index in [1.54, 1.807) is 0 Å². The molecule has 0 saturated carbocycles. The maximum Gasteiger partial charge on any atom is 0.138 e. The van der Waals surface area contributed by atoms with Gasteiger partial charge in [0, 0.05) is 20.0 Å². The molecule has 1 saturated heterocycles. The van der Waals surface area contributed by atoms with Gasteiger partial charge in [-0.1, -0.05) is 48.0 Å². The number of rotatable bonds is 4. The van der Waals surface area contributed by atoms with Crippen molar-refractivity contribution in [2.24, 2.45) is 0 Å². The van der Waals surface area contributed by atoms with Gasteiger partial charge in [-0.3, -0.25) is 4.79 Å². The number of aliphatic hydroxyl groups is 2. The first kappa shape index (κ1) is 23.7. The van der Waals surface area contributed by atoms with Crippen LogP contribution in [0.25, 0.3) is 0 Å². The monoisotopic (exact) mass is 386 g/mol. The Hall–Kier alpha value is -2.34. The lowest BCUT2D eigenvalue weighted by Crippen LogP contribution is -2.31. The molecule has 28 heavy (non-hydrogen) atoms. The summed E-state index contributed by atoms with van der Waals surface area (Å²) in [5.74, 6) is 0.158. The van der Waals surface area contributed by atoms with E-state index in [0.29, 0.717) is 12.8 Å². The smallest absolute Gasteiger partial charge is 0.138 e. The predicted octanol–water partition coefficient (Wildman–Crippen LogP) is 3.10. The van der Waals surface area contributed by atoms with Gasteiger partial charge in [0.25, 0.3) is 0 Å². The van der Waals surface area contributed by atoms with Crippen LogP contribution >= 0.6 is 0 Å². The van der Waals surface area contributed by atoms with E-state index in [1.807, 2.05) is 12.9 Å². The Morgan fingerprint density at radius 1 is 1.04 bits per heavy atom. The number of hydrogen-bond acceptors (Lipinski definition) is 5. The molecule has 0 aromatic heterocycles. The number of carbonyl (C=O) groups excluding carboxylic acids is 2. The van der Waals surface area contributed by atoms with Crippen LogP contribution in [0.5, 0.6) is 0 Å². The second kappa shape index (κ2) is 12.2. The fourth-order valence-corrected chi connectivity index (χ4v) is 3.18. The summed E-state index contributed by atoms with van der Waals surface area (Å²) in [6.45, 7) is 6.09. The highest BCUT2D eigenvalue weighted by Gasteiger charge is 2.28. The molecule has 5 nitrogen and oxygen atoms in total. The van der Waals surface area contributed by atoms with E-state index in [-0.39, 0.29) is 24.6 Å². The third-order valence-corrected chi connectivity index (χ3v) is 4.69. The quantitative estimate of drug-likeness (QED) is 0.844. The normalized spacial score (nSPS) is 18.4. The Kier molecular flexibility index (Phi) is 10.3. The molecule has 2 aromatic rings. The van der Waals surface area contributed by atoms with Gasteiger partial charge < -0.3 is 19.7 Å². The van der Waals surface area contributed by atoms with Gasteiger partial charge in [-0.2, -0.15) is 0 Å². The number of carbonyl (C=O) groups is 2. The van der Waals surface area contributed by atoms with E-state index in [1.165, 1.54) is 22.3 Å². The van der Waals surface area contributed by atoms with Gasteiger partial charge in [0.2, 0.25) is 0 Å². The largest absolute Gasteiger partial charge is 0.400 e. The molecule has 152 valence electrons.